The Morgan fingerprint density at radius 3 is 3.00 bits per heavy atom. The second-order valence-electron chi connectivity index (χ2n) is 8.14. The van der Waals surface area contributed by atoms with Gasteiger partial charge in [-0.3, -0.25) is 4.79 Å². The fourth-order valence-electron chi connectivity index (χ4n) is 4.62. The van der Waals surface area contributed by atoms with Crippen LogP contribution in [0.1, 0.15) is 62.0 Å². The summed E-state index contributed by atoms with van der Waals surface area (Å²) in [6, 6.07) is 0. The molecule has 5 heteroatoms. The minimum Gasteiger partial charge on any atom is -0.338 e. The third kappa shape index (κ3) is 3.98. The van der Waals surface area contributed by atoms with Crippen LogP contribution in [-0.2, 0) is 17.8 Å². The molecule has 1 saturated heterocycles. The predicted octanol–water partition coefficient (Wildman–Crippen LogP) is 2.92. The highest BCUT2D eigenvalue weighted by molar-refractivity contribution is 5.73. The van der Waals surface area contributed by atoms with Crippen LogP contribution in [0.3, 0.4) is 0 Å². The molecule has 1 aliphatic carbocycles. The topological polar surface area (TPSA) is 49.3 Å². The average Bonchev–Trinajstić information content (AvgIpc) is 2.68. The van der Waals surface area contributed by atoms with Crippen LogP contribution in [0.25, 0.3) is 0 Å². The molecule has 5 nitrogen and oxygen atoms in total. The first-order valence-corrected chi connectivity index (χ1v) is 10.2. The number of likely N-dealkylation sites (tertiary alicyclic amines) is 1. The molecule has 4 rings (SSSR count). The molecule has 0 unspecified atom stereocenters. The third-order valence-corrected chi connectivity index (χ3v) is 6.16. The SMILES string of the molecule is CC(=O)N1CCc2nc([C@H]3CCCN(C[C@H]4CC=CCC4)C3)ncc2C1. The van der Waals surface area contributed by atoms with Crippen LogP contribution in [0.15, 0.2) is 18.3 Å². The molecule has 0 spiro atoms. The van der Waals surface area contributed by atoms with Gasteiger partial charge in [0.25, 0.3) is 0 Å². The molecule has 1 aromatic heterocycles. The standard InChI is InChI=1S/C21H30N4O/c1-16(26)25-11-9-20-19(15-25)12-22-21(23-20)18-8-5-10-24(14-18)13-17-6-3-2-4-7-17/h2-3,12,17-18H,4-11,13-15H2,1H3/t17-,18-/m0/s1. The summed E-state index contributed by atoms with van der Waals surface area (Å²) in [5, 5.41) is 0. The molecule has 140 valence electrons. The monoisotopic (exact) mass is 354 g/mol. The fourth-order valence-corrected chi connectivity index (χ4v) is 4.62. The van der Waals surface area contributed by atoms with Gasteiger partial charge in [0.05, 0.1) is 5.69 Å². The number of fused-ring (bicyclic) bond motifs is 1. The highest BCUT2D eigenvalue weighted by Crippen LogP contribution is 2.28. The fraction of sp³-hybridized carbons (Fsp3) is 0.667. The normalized spacial score (nSPS) is 26.6. The number of amides is 1. The first-order chi connectivity index (χ1) is 12.7. The second-order valence-corrected chi connectivity index (χ2v) is 8.14. The molecule has 1 aromatic rings. The Hall–Kier alpha value is -1.75. The summed E-state index contributed by atoms with van der Waals surface area (Å²) in [4.78, 5) is 25.7. The van der Waals surface area contributed by atoms with Crippen LogP contribution < -0.4 is 0 Å². The summed E-state index contributed by atoms with van der Waals surface area (Å²) >= 11 is 0. The molecule has 2 aliphatic heterocycles. The van der Waals surface area contributed by atoms with E-state index in [9.17, 15) is 4.79 Å². The lowest BCUT2D eigenvalue weighted by Gasteiger charge is -2.35. The molecule has 3 heterocycles. The van der Waals surface area contributed by atoms with Gasteiger partial charge in [-0.2, -0.15) is 0 Å². The van der Waals surface area contributed by atoms with Crippen molar-refractivity contribution in [3.63, 3.8) is 0 Å². The summed E-state index contributed by atoms with van der Waals surface area (Å²) in [5.41, 5.74) is 2.28. The maximum absolute atomic E-state index is 11.6. The number of hydrogen-bond donors (Lipinski definition) is 0. The van der Waals surface area contributed by atoms with E-state index in [4.69, 9.17) is 9.97 Å². The highest BCUT2D eigenvalue weighted by Gasteiger charge is 2.27. The maximum Gasteiger partial charge on any atom is 0.219 e. The van der Waals surface area contributed by atoms with Crippen molar-refractivity contribution in [1.29, 1.82) is 0 Å². The van der Waals surface area contributed by atoms with E-state index in [0.717, 1.165) is 42.5 Å². The van der Waals surface area contributed by atoms with Crippen LogP contribution >= 0.6 is 0 Å². The molecular weight excluding hydrogens is 324 g/mol. The highest BCUT2D eigenvalue weighted by atomic mass is 16.2. The minimum atomic E-state index is 0.139. The molecular formula is C21H30N4O. The van der Waals surface area contributed by atoms with E-state index in [1.807, 2.05) is 11.1 Å². The number of carbonyl (C=O) groups is 1. The van der Waals surface area contributed by atoms with Gasteiger partial charge in [0, 0.05) is 57.2 Å². The van der Waals surface area contributed by atoms with Crippen molar-refractivity contribution in [3.8, 4) is 0 Å². The zero-order chi connectivity index (χ0) is 17.9. The molecule has 0 saturated carbocycles. The van der Waals surface area contributed by atoms with E-state index < -0.39 is 0 Å². The van der Waals surface area contributed by atoms with E-state index in [1.165, 1.54) is 45.2 Å². The number of carbonyl (C=O) groups excluding carboxylic acids is 1. The third-order valence-electron chi connectivity index (χ3n) is 6.16. The summed E-state index contributed by atoms with van der Waals surface area (Å²) < 4.78 is 0. The molecule has 2 atom stereocenters. The van der Waals surface area contributed by atoms with Gasteiger partial charge in [0.2, 0.25) is 5.91 Å². The van der Waals surface area contributed by atoms with Crippen molar-refractivity contribution in [2.45, 2.75) is 57.9 Å². The Labute approximate surface area is 156 Å². The molecule has 26 heavy (non-hydrogen) atoms. The van der Waals surface area contributed by atoms with Gasteiger partial charge in [0.15, 0.2) is 0 Å². The van der Waals surface area contributed by atoms with Gasteiger partial charge in [-0.15, -0.1) is 0 Å². The van der Waals surface area contributed by atoms with Crippen LogP contribution in [0, 0.1) is 5.92 Å². The van der Waals surface area contributed by atoms with Gasteiger partial charge >= 0.3 is 0 Å². The van der Waals surface area contributed by atoms with Crippen LogP contribution in [0.5, 0.6) is 0 Å². The maximum atomic E-state index is 11.6. The van der Waals surface area contributed by atoms with E-state index in [0.29, 0.717) is 12.5 Å². The van der Waals surface area contributed by atoms with E-state index >= 15 is 0 Å². The summed E-state index contributed by atoms with van der Waals surface area (Å²) in [7, 11) is 0. The van der Waals surface area contributed by atoms with E-state index in [1.54, 1.807) is 6.92 Å². The van der Waals surface area contributed by atoms with Crippen molar-refractivity contribution >= 4 is 5.91 Å². The van der Waals surface area contributed by atoms with Crippen molar-refractivity contribution in [3.05, 3.63) is 35.4 Å². The van der Waals surface area contributed by atoms with E-state index in [2.05, 4.69) is 17.1 Å². The first kappa shape index (κ1) is 17.7. The number of hydrogen-bond acceptors (Lipinski definition) is 4. The quantitative estimate of drug-likeness (QED) is 0.783. The lowest BCUT2D eigenvalue weighted by molar-refractivity contribution is -0.129. The zero-order valence-corrected chi connectivity index (χ0v) is 15.9. The number of allylic oxidation sites excluding steroid dienone is 2. The average molecular weight is 354 g/mol. The Balaban J connectivity index is 1.41. The molecule has 1 fully saturated rings. The Bertz CT molecular complexity index is 687. The van der Waals surface area contributed by atoms with Crippen LogP contribution in [-0.4, -0.2) is 51.9 Å². The first-order valence-electron chi connectivity index (χ1n) is 10.2. The number of piperidine rings is 1. The molecule has 0 radical (unpaired) electrons. The number of rotatable bonds is 3. The predicted molar refractivity (Wildman–Crippen MR) is 102 cm³/mol. The van der Waals surface area contributed by atoms with Crippen LogP contribution in [0.2, 0.25) is 0 Å². The lowest BCUT2D eigenvalue weighted by Crippen LogP contribution is -2.39. The van der Waals surface area contributed by atoms with Crippen molar-refractivity contribution in [2.75, 3.05) is 26.2 Å². The largest absolute Gasteiger partial charge is 0.338 e. The minimum absolute atomic E-state index is 0.139. The molecule has 0 bridgehead atoms. The van der Waals surface area contributed by atoms with Gasteiger partial charge in [-0.1, -0.05) is 12.2 Å². The molecule has 0 aromatic carbocycles. The molecule has 3 aliphatic rings. The lowest BCUT2D eigenvalue weighted by atomic mass is 9.91. The molecule has 0 N–H and O–H groups in total. The smallest absolute Gasteiger partial charge is 0.219 e. The van der Waals surface area contributed by atoms with Gasteiger partial charge < -0.3 is 9.80 Å². The second kappa shape index (κ2) is 7.87. The number of aromatic nitrogens is 2. The van der Waals surface area contributed by atoms with Crippen LogP contribution in [0.4, 0.5) is 0 Å². The zero-order valence-electron chi connectivity index (χ0n) is 15.9. The van der Waals surface area contributed by atoms with Gasteiger partial charge in [0.1, 0.15) is 5.82 Å². The van der Waals surface area contributed by atoms with Crippen molar-refractivity contribution in [1.82, 2.24) is 19.8 Å². The summed E-state index contributed by atoms with van der Waals surface area (Å²) in [5.74, 6) is 2.44. The molecule has 1 amide bonds. The van der Waals surface area contributed by atoms with E-state index in [-0.39, 0.29) is 5.91 Å². The van der Waals surface area contributed by atoms with Crippen molar-refractivity contribution in [2.24, 2.45) is 5.92 Å². The van der Waals surface area contributed by atoms with Gasteiger partial charge in [-0.05, 0) is 44.6 Å². The summed E-state index contributed by atoms with van der Waals surface area (Å²) in [6.45, 7) is 6.62. The van der Waals surface area contributed by atoms with Gasteiger partial charge in [-0.25, -0.2) is 9.97 Å². The Morgan fingerprint density at radius 2 is 2.19 bits per heavy atom. The summed E-state index contributed by atoms with van der Waals surface area (Å²) in [6.07, 6.45) is 13.8. The van der Waals surface area contributed by atoms with Crippen molar-refractivity contribution < 1.29 is 4.79 Å². The number of nitrogens with zero attached hydrogens (tertiary/aromatic N) is 4. The Kier molecular flexibility index (Phi) is 5.34. The Morgan fingerprint density at radius 1 is 1.27 bits per heavy atom.